The summed E-state index contributed by atoms with van der Waals surface area (Å²) in [6, 6.07) is 11.9. The molecule has 0 unspecified atom stereocenters. The first-order chi connectivity index (χ1) is 12.5. The van der Waals surface area contributed by atoms with Gasteiger partial charge in [0, 0.05) is 36.9 Å². The SMILES string of the molecule is COc1ccc(CC(=O)N2CCN(c3cc(Cl)ccc3C)CC2)cc1C. The van der Waals surface area contributed by atoms with Gasteiger partial charge in [0.05, 0.1) is 13.5 Å². The molecule has 2 aromatic rings. The van der Waals surface area contributed by atoms with Crippen LogP contribution in [0.4, 0.5) is 5.69 Å². The van der Waals surface area contributed by atoms with E-state index in [-0.39, 0.29) is 5.91 Å². The van der Waals surface area contributed by atoms with E-state index >= 15 is 0 Å². The van der Waals surface area contributed by atoms with Crippen LogP contribution in [-0.4, -0.2) is 44.1 Å². The molecule has 1 amide bonds. The molecule has 2 aromatic carbocycles. The molecule has 1 saturated heterocycles. The van der Waals surface area contributed by atoms with Crippen LogP contribution in [0.15, 0.2) is 36.4 Å². The highest BCUT2D eigenvalue weighted by atomic mass is 35.5. The molecule has 0 saturated carbocycles. The summed E-state index contributed by atoms with van der Waals surface area (Å²) in [7, 11) is 1.66. The Morgan fingerprint density at radius 3 is 2.42 bits per heavy atom. The summed E-state index contributed by atoms with van der Waals surface area (Å²) in [6.07, 6.45) is 0.432. The highest BCUT2D eigenvalue weighted by Crippen LogP contribution is 2.25. The molecule has 0 aliphatic carbocycles. The number of carbonyl (C=O) groups excluding carboxylic acids is 1. The van der Waals surface area contributed by atoms with Crippen LogP contribution in [0.2, 0.25) is 5.02 Å². The third-order valence-electron chi connectivity index (χ3n) is 4.96. The van der Waals surface area contributed by atoms with Crippen molar-refractivity contribution in [1.82, 2.24) is 4.90 Å². The number of carbonyl (C=O) groups is 1. The average Bonchev–Trinajstić information content (AvgIpc) is 2.64. The molecule has 3 rings (SSSR count). The number of rotatable bonds is 4. The Morgan fingerprint density at radius 2 is 1.77 bits per heavy atom. The minimum Gasteiger partial charge on any atom is -0.496 e. The van der Waals surface area contributed by atoms with Crippen LogP contribution < -0.4 is 9.64 Å². The van der Waals surface area contributed by atoms with E-state index in [4.69, 9.17) is 16.3 Å². The Labute approximate surface area is 160 Å². The summed E-state index contributed by atoms with van der Waals surface area (Å²) in [6.45, 7) is 7.22. The first-order valence-corrected chi connectivity index (χ1v) is 9.28. The van der Waals surface area contributed by atoms with Crippen molar-refractivity contribution in [2.45, 2.75) is 20.3 Å². The molecular formula is C21H25ClN2O2. The van der Waals surface area contributed by atoms with Gasteiger partial charge in [-0.05, 0) is 48.7 Å². The maximum Gasteiger partial charge on any atom is 0.227 e. The zero-order chi connectivity index (χ0) is 18.7. The Kier molecular flexibility index (Phi) is 5.72. The summed E-state index contributed by atoms with van der Waals surface area (Å²) in [4.78, 5) is 16.9. The van der Waals surface area contributed by atoms with E-state index < -0.39 is 0 Å². The molecule has 26 heavy (non-hydrogen) atoms. The van der Waals surface area contributed by atoms with Crippen molar-refractivity contribution in [1.29, 1.82) is 0 Å². The van der Waals surface area contributed by atoms with Crippen LogP contribution >= 0.6 is 11.6 Å². The Morgan fingerprint density at radius 1 is 1.04 bits per heavy atom. The largest absolute Gasteiger partial charge is 0.496 e. The molecule has 4 nitrogen and oxygen atoms in total. The second-order valence-corrected chi connectivity index (χ2v) is 7.22. The molecular weight excluding hydrogens is 348 g/mol. The number of halogens is 1. The van der Waals surface area contributed by atoms with Gasteiger partial charge in [-0.2, -0.15) is 0 Å². The fraction of sp³-hybridized carbons (Fsp3) is 0.381. The van der Waals surface area contributed by atoms with Crippen molar-refractivity contribution in [3.63, 3.8) is 0 Å². The standard InChI is InChI=1S/C21H25ClN2O2/c1-15-4-6-18(22)14-19(15)23-8-10-24(11-9-23)21(25)13-17-5-7-20(26-3)16(2)12-17/h4-7,12,14H,8-11,13H2,1-3H3. The van der Waals surface area contributed by atoms with E-state index in [9.17, 15) is 4.79 Å². The van der Waals surface area contributed by atoms with Gasteiger partial charge in [0.25, 0.3) is 0 Å². The van der Waals surface area contributed by atoms with Crippen LogP contribution in [0.1, 0.15) is 16.7 Å². The van der Waals surface area contributed by atoms with Crippen molar-refractivity contribution < 1.29 is 9.53 Å². The molecule has 1 heterocycles. The van der Waals surface area contributed by atoms with Gasteiger partial charge in [0.1, 0.15) is 5.75 Å². The smallest absolute Gasteiger partial charge is 0.227 e. The molecule has 0 aromatic heterocycles. The molecule has 1 aliphatic heterocycles. The number of anilines is 1. The number of methoxy groups -OCH3 is 1. The van der Waals surface area contributed by atoms with E-state index in [1.54, 1.807) is 7.11 Å². The monoisotopic (exact) mass is 372 g/mol. The minimum atomic E-state index is 0.178. The number of hydrogen-bond donors (Lipinski definition) is 0. The summed E-state index contributed by atoms with van der Waals surface area (Å²) in [5.74, 6) is 1.03. The molecule has 5 heteroatoms. The van der Waals surface area contributed by atoms with Crippen LogP contribution in [0.3, 0.4) is 0 Å². The molecule has 1 fully saturated rings. The topological polar surface area (TPSA) is 32.8 Å². The number of nitrogens with zero attached hydrogens (tertiary/aromatic N) is 2. The Bertz CT molecular complexity index is 799. The molecule has 138 valence electrons. The number of hydrogen-bond acceptors (Lipinski definition) is 3. The van der Waals surface area contributed by atoms with Crippen LogP contribution in [-0.2, 0) is 11.2 Å². The summed E-state index contributed by atoms with van der Waals surface area (Å²) >= 11 is 6.14. The van der Waals surface area contributed by atoms with E-state index in [1.165, 1.54) is 5.56 Å². The Hall–Kier alpha value is -2.20. The summed E-state index contributed by atoms with van der Waals surface area (Å²) in [5, 5.41) is 0.749. The summed E-state index contributed by atoms with van der Waals surface area (Å²) in [5.41, 5.74) is 4.46. The van der Waals surface area contributed by atoms with Gasteiger partial charge in [-0.3, -0.25) is 4.79 Å². The lowest BCUT2D eigenvalue weighted by Gasteiger charge is -2.37. The van der Waals surface area contributed by atoms with Crippen molar-refractivity contribution in [2.24, 2.45) is 0 Å². The predicted octanol–water partition coefficient (Wildman–Crippen LogP) is 3.86. The molecule has 0 spiro atoms. The zero-order valence-electron chi connectivity index (χ0n) is 15.6. The number of amides is 1. The predicted molar refractivity (Wildman–Crippen MR) is 106 cm³/mol. The maximum atomic E-state index is 12.7. The van der Waals surface area contributed by atoms with Crippen molar-refractivity contribution in [3.05, 3.63) is 58.1 Å². The number of ether oxygens (including phenoxy) is 1. The number of piperazine rings is 1. The van der Waals surface area contributed by atoms with Crippen molar-refractivity contribution in [3.8, 4) is 5.75 Å². The number of aryl methyl sites for hydroxylation is 2. The normalized spacial score (nSPS) is 14.5. The van der Waals surface area contributed by atoms with Gasteiger partial charge in [0.2, 0.25) is 5.91 Å². The molecule has 0 bridgehead atoms. The fourth-order valence-electron chi connectivity index (χ4n) is 3.46. The van der Waals surface area contributed by atoms with Gasteiger partial charge < -0.3 is 14.5 Å². The minimum absolute atomic E-state index is 0.178. The van der Waals surface area contributed by atoms with Gasteiger partial charge >= 0.3 is 0 Å². The molecule has 1 aliphatic rings. The third-order valence-corrected chi connectivity index (χ3v) is 5.19. The number of benzene rings is 2. The molecule has 0 atom stereocenters. The molecule has 0 radical (unpaired) electrons. The maximum absolute atomic E-state index is 12.7. The van der Waals surface area contributed by atoms with Gasteiger partial charge in [0.15, 0.2) is 0 Å². The van der Waals surface area contributed by atoms with Crippen LogP contribution in [0.25, 0.3) is 0 Å². The van der Waals surface area contributed by atoms with E-state index in [2.05, 4.69) is 11.8 Å². The molecule has 0 N–H and O–H groups in total. The third kappa shape index (κ3) is 4.13. The summed E-state index contributed by atoms with van der Waals surface area (Å²) < 4.78 is 5.28. The van der Waals surface area contributed by atoms with E-state index in [0.29, 0.717) is 6.42 Å². The highest BCUT2D eigenvalue weighted by Gasteiger charge is 2.22. The fourth-order valence-corrected chi connectivity index (χ4v) is 3.62. The van der Waals surface area contributed by atoms with E-state index in [0.717, 1.165) is 53.8 Å². The van der Waals surface area contributed by atoms with E-state index in [1.807, 2.05) is 48.2 Å². The quantitative estimate of drug-likeness (QED) is 0.817. The lowest BCUT2D eigenvalue weighted by Crippen LogP contribution is -2.49. The van der Waals surface area contributed by atoms with Crippen molar-refractivity contribution in [2.75, 3.05) is 38.2 Å². The highest BCUT2D eigenvalue weighted by molar-refractivity contribution is 6.30. The van der Waals surface area contributed by atoms with Gasteiger partial charge in [-0.15, -0.1) is 0 Å². The van der Waals surface area contributed by atoms with Gasteiger partial charge in [-0.1, -0.05) is 29.8 Å². The second-order valence-electron chi connectivity index (χ2n) is 6.78. The first kappa shape index (κ1) is 18.6. The Balaban J connectivity index is 1.60. The van der Waals surface area contributed by atoms with Gasteiger partial charge in [-0.25, -0.2) is 0 Å². The van der Waals surface area contributed by atoms with Crippen molar-refractivity contribution >= 4 is 23.2 Å². The van der Waals surface area contributed by atoms with Crippen LogP contribution in [0, 0.1) is 13.8 Å². The average molecular weight is 373 g/mol. The lowest BCUT2D eigenvalue weighted by atomic mass is 10.1. The lowest BCUT2D eigenvalue weighted by molar-refractivity contribution is -0.130. The van der Waals surface area contributed by atoms with Crippen LogP contribution in [0.5, 0.6) is 5.75 Å². The first-order valence-electron chi connectivity index (χ1n) is 8.90. The second kappa shape index (κ2) is 8.00. The zero-order valence-corrected chi connectivity index (χ0v) is 16.3.